The summed E-state index contributed by atoms with van der Waals surface area (Å²) in [7, 11) is 1.35. The standard InChI is InChI=1S/C30H26F3N5O4/c1-42-22-15-17(16-34)14-21-24(19-10-6-3-7-11-19)36-27(29(41)37-25(21)22)38-28(40)20(12-13-30(31,32)33)23(26(35)39)18-8-4-2-5-9-18/h2-11,14-15,20,23,27H,12-13H2,1H3,(H2,35,39)(H,37,41)(H,38,40)/t20?,23?,27-/m1/s1. The molecule has 0 saturated carbocycles. The molecule has 0 radical (unpaired) electrons. The number of hydrogen-bond donors (Lipinski definition) is 3. The van der Waals surface area contributed by atoms with Gasteiger partial charge in [0.15, 0.2) is 0 Å². The summed E-state index contributed by atoms with van der Waals surface area (Å²) in [4.78, 5) is 44.1. The molecule has 4 rings (SSSR count). The van der Waals surface area contributed by atoms with E-state index in [1.807, 2.05) is 6.07 Å². The van der Waals surface area contributed by atoms with Gasteiger partial charge in [-0.15, -0.1) is 0 Å². The lowest BCUT2D eigenvalue weighted by molar-refractivity contribution is -0.144. The van der Waals surface area contributed by atoms with Gasteiger partial charge in [0.05, 0.1) is 42.0 Å². The average Bonchev–Trinajstić information content (AvgIpc) is 3.10. The number of hydrogen-bond acceptors (Lipinski definition) is 6. The van der Waals surface area contributed by atoms with Crippen LogP contribution < -0.4 is 21.1 Å². The lowest BCUT2D eigenvalue weighted by Gasteiger charge is -2.26. The molecule has 3 aromatic carbocycles. The Bertz CT molecular complexity index is 1550. The summed E-state index contributed by atoms with van der Waals surface area (Å²) in [6.07, 6.45) is -8.36. The number of nitrogens with two attached hydrogens (primary N) is 1. The number of halogens is 3. The number of ether oxygens (including phenoxy) is 1. The summed E-state index contributed by atoms with van der Waals surface area (Å²) in [5.41, 5.74) is 7.33. The number of fused-ring (bicyclic) bond motifs is 1. The molecule has 2 unspecified atom stereocenters. The van der Waals surface area contributed by atoms with Crippen LogP contribution >= 0.6 is 0 Å². The minimum absolute atomic E-state index is 0.161. The van der Waals surface area contributed by atoms with Crippen molar-refractivity contribution in [3.05, 3.63) is 95.1 Å². The zero-order valence-corrected chi connectivity index (χ0v) is 22.3. The predicted octanol–water partition coefficient (Wildman–Crippen LogP) is 4.03. The van der Waals surface area contributed by atoms with Crippen LogP contribution in [0.25, 0.3) is 0 Å². The molecule has 0 spiro atoms. The van der Waals surface area contributed by atoms with Gasteiger partial charge in [0.25, 0.3) is 5.91 Å². The molecule has 1 aliphatic rings. The van der Waals surface area contributed by atoms with E-state index in [0.29, 0.717) is 11.1 Å². The van der Waals surface area contributed by atoms with E-state index in [4.69, 9.17) is 10.5 Å². The van der Waals surface area contributed by atoms with Crippen LogP contribution in [0.15, 0.2) is 77.8 Å². The Balaban J connectivity index is 1.79. The second-order valence-electron chi connectivity index (χ2n) is 9.51. The SMILES string of the molecule is COc1cc(C#N)cc2c1NC(=O)[C@@H](NC(=O)C(CCC(F)(F)F)C(C(N)=O)c1ccccc1)N=C2c1ccccc1. The topological polar surface area (TPSA) is 147 Å². The minimum atomic E-state index is -4.62. The van der Waals surface area contributed by atoms with Gasteiger partial charge in [-0.1, -0.05) is 60.7 Å². The van der Waals surface area contributed by atoms with Crippen LogP contribution in [0, 0.1) is 17.2 Å². The van der Waals surface area contributed by atoms with Crippen LogP contribution in [-0.4, -0.2) is 42.9 Å². The van der Waals surface area contributed by atoms with E-state index >= 15 is 0 Å². The average molecular weight is 578 g/mol. The molecule has 0 aromatic heterocycles. The van der Waals surface area contributed by atoms with Gasteiger partial charge in [-0.25, -0.2) is 4.99 Å². The summed E-state index contributed by atoms with van der Waals surface area (Å²) >= 11 is 0. The van der Waals surface area contributed by atoms with Crippen LogP contribution in [0.1, 0.15) is 41.0 Å². The highest BCUT2D eigenvalue weighted by atomic mass is 19.4. The number of rotatable bonds is 9. The normalized spacial score (nSPS) is 16.0. The number of nitrogens with one attached hydrogen (secondary N) is 2. The summed E-state index contributed by atoms with van der Waals surface area (Å²) in [6.45, 7) is 0. The Kier molecular flexibility index (Phi) is 8.90. The van der Waals surface area contributed by atoms with Crippen LogP contribution in [0.4, 0.5) is 18.9 Å². The van der Waals surface area contributed by atoms with Gasteiger partial charge in [0.2, 0.25) is 18.0 Å². The summed E-state index contributed by atoms with van der Waals surface area (Å²) in [6, 6.07) is 21.3. The van der Waals surface area contributed by atoms with Crippen LogP contribution in [-0.2, 0) is 14.4 Å². The van der Waals surface area contributed by atoms with Crippen molar-refractivity contribution in [1.82, 2.24) is 5.32 Å². The van der Waals surface area contributed by atoms with E-state index in [-0.39, 0.29) is 28.3 Å². The molecule has 1 heterocycles. The Morgan fingerprint density at radius 3 is 2.33 bits per heavy atom. The van der Waals surface area contributed by atoms with E-state index < -0.39 is 54.7 Å². The fourth-order valence-corrected chi connectivity index (χ4v) is 4.79. The first-order valence-corrected chi connectivity index (χ1v) is 12.8. The number of primary amides is 1. The highest BCUT2D eigenvalue weighted by Gasteiger charge is 2.39. The number of methoxy groups -OCH3 is 1. The Hall–Kier alpha value is -5.18. The van der Waals surface area contributed by atoms with Crippen molar-refractivity contribution in [2.75, 3.05) is 12.4 Å². The number of nitriles is 1. The molecule has 3 aromatic rings. The maximum atomic E-state index is 13.6. The molecular weight excluding hydrogens is 551 g/mol. The molecule has 216 valence electrons. The van der Waals surface area contributed by atoms with Gasteiger partial charge in [-0.3, -0.25) is 14.4 Å². The third kappa shape index (κ3) is 6.75. The first-order valence-electron chi connectivity index (χ1n) is 12.8. The lowest BCUT2D eigenvalue weighted by Crippen LogP contribution is -2.47. The Morgan fingerprint density at radius 2 is 1.76 bits per heavy atom. The molecule has 9 nitrogen and oxygen atoms in total. The number of amides is 3. The number of carbonyl (C=O) groups excluding carboxylic acids is 3. The van der Waals surface area contributed by atoms with E-state index in [0.717, 1.165) is 0 Å². The van der Waals surface area contributed by atoms with Crippen molar-refractivity contribution in [2.45, 2.75) is 31.1 Å². The monoisotopic (exact) mass is 577 g/mol. The Morgan fingerprint density at radius 1 is 1.12 bits per heavy atom. The molecule has 1 aliphatic heterocycles. The van der Waals surface area contributed by atoms with Crippen LogP contribution in [0.3, 0.4) is 0 Å². The van der Waals surface area contributed by atoms with Crippen molar-refractivity contribution >= 4 is 29.1 Å². The molecule has 3 amide bonds. The number of benzodiazepines with no additional fused rings is 1. The van der Waals surface area contributed by atoms with E-state index in [9.17, 15) is 32.8 Å². The van der Waals surface area contributed by atoms with Gasteiger partial charge in [0.1, 0.15) is 5.75 Å². The number of benzene rings is 3. The highest BCUT2D eigenvalue weighted by molar-refractivity contribution is 6.20. The molecular formula is C30H26F3N5O4. The molecule has 3 atom stereocenters. The maximum Gasteiger partial charge on any atom is 0.389 e. The smallest absolute Gasteiger partial charge is 0.389 e. The largest absolute Gasteiger partial charge is 0.495 e. The molecule has 42 heavy (non-hydrogen) atoms. The van der Waals surface area contributed by atoms with Crippen molar-refractivity contribution < 1.29 is 32.3 Å². The molecule has 12 heteroatoms. The van der Waals surface area contributed by atoms with Gasteiger partial charge in [-0.2, -0.15) is 18.4 Å². The first kappa shape index (κ1) is 29.8. The predicted molar refractivity (Wildman–Crippen MR) is 148 cm³/mol. The number of nitrogens with zero attached hydrogens (tertiary/aromatic N) is 2. The zero-order chi connectivity index (χ0) is 30.4. The second-order valence-corrected chi connectivity index (χ2v) is 9.51. The Labute approximate surface area is 239 Å². The maximum absolute atomic E-state index is 13.6. The van der Waals surface area contributed by atoms with Gasteiger partial charge >= 0.3 is 6.18 Å². The zero-order valence-electron chi connectivity index (χ0n) is 22.3. The van der Waals surface area contributed by atoms with Crippen LogP contribution in [0.2, 0.25) is 0 Å². The van der Waals surface area contributed by atoms with Gasteiger partial charge < -0.3 is 21.1 Å². The van der Waals surface area contributed by atoms with Crippen molar-refractivity contribution in [1.29, 1.82) is 5.26 Å². The lowest BCUT2D eigenvalue weighted by atomic mass is 9.81. The molecule has 0 aliphatic carbocycles. The number of aliphatic imine (C=N–C) groups is 1. The van der Waals surface area contributed by atoms with Gasteiger partial charge in [-0.05, 0) is 18.1 Å². The molecule has 0 bridgehead atoms. The number of anilines is 1. The van der Waals surface area contributed by atoms with E-state index in [1.54, 1.807) is 48.5 Å². The molecule has 4 N–H and O–H groups in total. The van der Waals surface area contributed by atoms with E-state index in [2.05, 4.69) is 15.6 Å². The van der Waals surface area contributed by atoms with Crippen molar-refractivity contribution in [3.8, 4) is 11.8 Å². The highest BCUT2D eigenvalue weighted by Crippen LogP contribution is 2.35. The minimum Gasteiger partial charge on any atom is -0.495 e. The van der Waals surface area contributed by atoms with Crippen LogP contribution in [0.5, 0.6) is 5.75 Å². The quantitative estimate of drug-likeness (QED) is 0.352. The van der Waals surface area contributed by atoms with Crippen molar-refractivity contribution in [3.63, 3.8) is 0 Å². The van der Waals surface area contributed by atoms with Crippen molar-refractivity contribution in [2.24, 2.45) is 16.6 Å². The molecule has 0 saturated heterocycles. The fraction of sp³-hybridized carbons (Fsp3) is 0.233. The first-order chi connectivity index (χ1) is 20.0. The summed E-state index contributed by atoms with van der Waals surface area (Å²) in [5.74, 6) is -5.64. The third-order valence-electron chi connectivity index (χ3n) is 6.73. The fourth-order valence-electron chi connectivity index (χ4n) is 4.79. The third-order valence-corrected chi connectivity index (χ3v) is 6.73. The second kappa shape index (κ2) is 12.6. The van der Waals surface area contributed by atoms with E-state index in [1.165, 1.54) is 31.4 Å². The number of carbonyl (C=O) groups is 3. The molecule has 0 fully saturated rings. The summed E-state index contributed by atoms with van der Waals surface area (Å²) < 4.78 is 45.2. The van der Waals surface area contributed by atoms with Gasteiger partial charge in [0, 0.05) is 23.6 Å². The summed E-state index contributed by atoms with van der Waals surface area (Å²) in [5, 5.41) is 14.6. The number of alkyl halides is 3.